The van der Waals surface area contributed by atoms with Crippen LogP contribution in [-0.2, 0) is 24.7 Å². The van der Waals surface area contributed by atoms with Crippen molar-refractivity contribution in [3.8, 4) is 5.88 Å². The van der Waals surface area contributed by atoms with Crippen LogP contribution in [0.4, 0.5) is 11.6 Å². The summed E-state index contributed by atoms with van der Waals surface area (Å²) in [4.78, 5) is 32.1. The van der Waals surface area contributed by atoms with E-state index in [1.54, 1.807) is 6.20 Å². The fourth-order valence-electron chi connectivity index (χ4n) is 5.12. The summed E-state index contributed by atoms with van der Waals surface area (Å²) in [6, 6.07) is 11.0. The van der Waals surface area contributed by atoms with Crippen molar-refractivity contribution in [2.24, 2.45) is 7.05 Å². The largest absolute Gasteiger partial charge is 0.480 e. The Labute approximate surface area is 240 Å². The van der Waals surface area contributed by atoms with Crippen molar-refractivity contribution >= 4 is 28.6 Å². The van der Waals surface area contributed by atoms with E-state index in [2.05, 4.69) is 42.6 Å². The monoisotopic (exact) mass is 558 g/mol. The maximum Gasteiger partial charge on any atom is 0.326 e. The number of hydrogen-bond donors (Lipinski definition) is 3. The molecule has 4 aromatic heterocycles. The van der Waals surface area contributed by atoms with Crippen molar-refractivity contribution in [1.82, 2.24) is 29.4 Å². The van der Waals surface area contributed by atoms with Gasteiger partial charge in [0.1, 0.15) is 36.3 Å². The minimum atomic E-state index is -0.913. The number of aryl methyl sites for hydroxylation is 3. The minimum Gasteiger partial charge on any atom is -0.480 e. The smallest absolute Gasteiger partial charge is 0.326 e. The number of fused-ring (bicyclic) bond motifs is 2. The Morgan fingerprint density at radius 2 is 2.07 bits per heavy atom. The van der Waals surface area contributed by atoms with Crippen LogP contribution in [0.25, 0.3) is 11.0 Å². The Morgan fingerprint density at radius 1 is 1.15 bits per heavy atom. The van der Waals surface area contributed by atoms with Gasteiger partial charge in [0.05, 0.1) is 5.39 Å². The summed E-state index contributed by atoms with van der Waals surface area (Å²) in [7, 11) is 1.90. The SMILES string of the molecule is Cn1ccc2c(NC(CCN(CCCCc3ccc4c(n3)NCCC4)CCOc3ccccn3)C(=O)O)ncnc21. The molecule has 5 heterocycles. The molecule has 0 aliphatic carbocycles. The van der Waals surface area contributed by atoms with Gasteiger partial charge in [0, 0.05) is 50.8 Å². The number of anilines is 2. The third kappa shape index (κ3) is 7.69. The van der Waals surface area contributed by atoms with Gasteiger partial charge in [0.25, 0.3) is 0 Å². The standard InChI is InChI=1S/C30H38N8O3/c1-37-17-12-24-28(33-21-34-29(24)37)36-25(30(39)40)13-18-38(19-20-41-26-9-2-4-14-31-26)16-5-3-8-23-11-10-22-7-6-15-32-27(22)35-23/h2,4,9-12,14,17,21,25H,3,5-8,13,15-16,18-20H2,1H3,(H,32,35)(H,39,40)(H,33,34,36). The molecule has 1 aliphatic heterocycles. The molecule has 0 amide bonds. The van der Waals surface area contributed by atoms with Crippen LogP contribution in [0, 0.1) is 0 Å². The fraction of sp³-hybridized carbons (Fsp3) is 0.433. The van der Waals surface area contributed by atoms with E-state index in [9.17, 15) is 9.90 Å². The predicted octanol–water partition coefficient (Wildman–Crippen LogP) is 3.78. The second kappa shape index (κ2) is 13.9. The van der Waals surface area contributed by atoms with Crippen LogP contribution in [0.3, 0.4) is 0 Å². The number of nitrogens with zero attached hydrogens (tertiary/aromatic N) is 6. The lowest BCUT2D eigenvalue weighted by Crippen LogP contribution is -2.37. The van der Waals surface area contributed by atoms with E-state index in [4.69, 9.17) is 9.72 Å². The third-order valence-corrected chi connectivity index (χ3v) is 7.41. The molecule has 0 saturated heterocycles. The lowest BCUT2D eigenvalue weighted by Gasteiger charge is -2.24. The third-order valence-electron chi connectivity index (χ3n) is 7.41. The first-order valence-corrected chi connectivity index (χ1v) is 14.3. The molecule has 0 saturated carbocycles. The van der Waals surface area contributed by atoms with E-state index in [1.807, 2.05) is 42.1 Å². The summed E-state index contributed by atoms with van der Waals surface area (Å²) in [6.45, 7) is 3.55. The van der Waals surface area contributed by atoms with Crippen LogP contribution in [0.1, 0.15) is 36.9 Å². The number of rotatable bonds is 15. The van der Waals surface area contributed by atoms with Gasteiger partial charge in [-0.3, -0.25) is 4.90 Å². The molecule has 0 fully saturated rings. The molecule has 1 aliphatic rings. The highest BCUT2D eigenvalue weighted by Gasteiger charge is 2.21. The molecule has 4 aromatic rings. The van der Waals surface area contributed by atoms with E-state index in [0.29, 0.717) is 37.8 Å². The van der Waals surface area contributed by atoms with Crippen molar-refractivity contribution in [2.45, 2.75) is 44.6 Å². The van der Waals surface area contributed by atoms with Gasteiger partial charge in [-0.2, -0.15) is 0 Å². The van der Waals surface area contributed by atoms with Crippen molar-refractivity contribution in [3.05, 3.63) is 66.4 Å². The molecule has 5 rings (SSSR count). The number of unbranched alkanes of at least 4 members (excludes halogenated alkanes) is 1. The van der Waals surface area contributed by atoms with Gasteiger partial charge < -0.3 is 25.0 Å². The number of carboxylic acid groups (broad SMARTS) is 1. The van der Waals surface area contributed by atoms with Gasteiger partial charge in [-0.15, -0.1) is 0 Å². The topological polar surface area (TPSA) is 130 Å². The van der Waals surface area contributed by atoms with Crippen LogP contribution in [-0.4, -0.2) is 79.3 Å². The number of hydrogen-bond acceptors (Lipinski definition) is 9. The molecule has 0 spiro atoms. The van der Waals surface area contributed by atoms with Crippen molar-refractivity contribution in [1.29, 1.82) is 0 Å². The Morgan fingerprint density at radius 3 is 2.93 bits per heavy atom. The fourth-order valence-corrected chi connectivity index (χ4v) is 5.12. The van der Waals surface area contributed by atoms with Crippen LogP contribution in [0.2, 0.25) is 0 Å². The zero-order valence-corrected chi connectivity index (χ0v) is 23.5. The van der Waals surface area contributed by atoms with E-state index in [-0.39, 0.29) is 0 Å². The van der Waals surface area contributed by atoms with Crippen LogP contribution in [0.15, 0.2) is 55.1 Å². The second-order valence-corrected chi connectivity index (χ2v) is 10.4. The summed E-state index contributed by atoms with van der Waals surface area (Å²) in [5.74, 6) is 1.23. The highest BCUT2D eigenvalue weighted by atomic mass is 16.5. The van der Waals surface area contributed by atoms with Crippen molar-refractivity contribution < 1.29 is 14.6 Å². The van der Waals surface area contributed by atoms with Crippen LogP contribution in [0.5, 0.6) is 5.88 Å². The minimum absolute atomic E-state index is 0.412. The predicted molar refractivity (Wildman–Crippen MR) is 158 cm³/mol. The Kier molecular flexibility index (Phi) is 9.58. The lowest BCUT2D eigenvalue weighted by molar-refractivity contribution is -0.138. The molecule has 216 valence electrons. The number of aliphatic carboxylic acids is 1. The average Bonchev–Trinajstić information content (AvgIpc) is 3.38. The quantitative estimate of drug-likeness (QED) is 0.185. The average molecular weight is 559 g/mol. The van der Waals surface area contributed by atoms with Crippen LogP contribution >= 0.6 is 0 Å². The van der Waals surface area contributed by atoms with E-state index >= 15 is 0 Å². The molecule has 1 unspecified atom stereocenters. The molecule has 11 heteroatoms. The maximum atomic E-state index is 12.2. The number of aromatic nitrogens is 5. The van der Waals surface area contributed by atoms with Gasteiger partial charge in [-0.05, 0) is 68.8 Å². The summed E-state index contributed by atoms with van der Waals surface area (Å²) < 4.78 is 7.73. The summed E-state index contributed by atoms with van der Waals surface area (Å²) in [6.07, 6.45) is 10.6. The summed E-state index contributed by atoms with van der Waals surface area (Å²) in [5, 5.41) is 17.3. The molecule has 0 aromatic carbocycles. The van der Waals surface area contributed by atoms with E-state index in [1.165, 1.54) is 11.9 Å². The van der Waals surface area contributed by atoms with Crippen molar-refractivity contribution in [2.75, 3.05) is 43.4 Å². The van der Waals surface area contributed by atoms with Gasteiger partial charge in [0.15, 0.2) is 0 Å². The van der Waals surface area contributed by atoms with E-state index < -0.39 is 12.0 Å². The molecule has 1 atom stereocenters. The summed E-state index contributed by atoms with van der Waals surface area (Å²) >= 11 is 0. The van der Waals surface area contributed by atoms with Gasteiger partial charge >= 0.3 is 5.97 Å². The second-order valence-electron chi connectivity index (χ2n) is 10.4. The highest BCUT2D eigenvalue weighted by molar-refractivity contribution is 5.89. The first-order valence-electron chi connectivity index (χ1n) is 14.3. The Hall–Kier alpha value is -4.25. The Balaban J connectivity index is 1.17. The zero-order valence-electron chi connectivity index (χ0n) is 23.5. The normalized spacial score (nSPS) is 13.5. The lowest BCUT2D eigenvalue weighted by atomic mass is 10.1. The molecule has 3 N–H and O–H groups in total. The number of pyridine rings is 2. The molecule has 11 nitrogen and oxygen atoms in total. The molecule has 0 radical (unpaired) electrons. The first-order chi connectivity index (χ1) is 20.1. The van der Waals surface area contributed by atoms with Gasteiger partial charge in [0.2, 0.25) is 5.88 Å². The van der Waals surface area contributed by atoms with Gasteiger partial charge in [-0.25, -0.2) is 24.7 Å². The number of carboxylic acids is 1. The van der Waals surface area contributed by atoms with Crippen LogP contribution < -0.4 is 15.4 Å². The van der Waals surface area contributed by atoms with Gasteiger partial charge in [-0.1, -0.05) is 12.1 Å². The molecule has 0 bridgehead atoms. The number of carbonyl (C=O) groups is 1. The number of ether oxygens (including phenoxy) is 1. The molecule has 41 heavy (non-hydrogen) atoms. The molecular formula is C30H38N8O3. The van der Waals surface area contributed by atoms with Crippen molar-refractivity contribution in [3.63, 3.8) is 0 Å². The molecular weight excluding hydrogens is 520 g/mol. The first kappa shape index (κ1) is 28.3. The number of nitrogens with one attached hydrogen (secondary N) is 2. The Bertz CT molecular complexity index is 1430. The van der Waals surface area contributed by atoms with E-state index in [0.717, 1.165) is 67.7 Å². The summed E-state index contributed by atoms with van der Waals surface area (Å²) in [5.41, 5.74) is 3.16. The zero-order chi connectivity index (χ0) is 28.4. The maximum absolute atomic E-state index is 12.2. The highest BCUT2D eigenvalue weighted by Crippen LogP contribution is 2.22.